The Bertz CT molecular complexity index is 1310. The second-order valence-electron chi connectivity index (χ2n) is 6.64. The lowest BCUT2D eigenvalue weighted by atomic mass is 10.1. The van der Waals surface area contributed by atoms with E-state index >= 15 is 0 Å². The molecule has 1 aromatic heterocycles. The number of thiazole rings is 1. The van der Waals surface area contributed by atoms with E-state index in [1.807, 2.05) is 0 Å². The van der Waals surface area contributed by atoms with Gasteiger partial charge in [-0.1, -0.05) is 23.2 Å². The van der Waals surface area contributed by atoms with Gasteiger partial charge in [-0.15, -0.1) is 11.3 Å². The Balaban J connectivity index is 1.51. The highest BCUT2D eigenvalue weighted by Crippen LogP contribution is 2.35. The van der Waals surface area contributed by atoms with Crippen LogP contribution in [-0.2, 0) is 6.42 Å². The first-order valence-electron chi connectivity index (χ1n) is 9.25. The van der Waals surface area contributed by atoms with Crippen LogP contribution in [0.5, 0.6) is 11.5 Å². The molecule has 4 aromatic rings. The third-order valence-corrected chi connectivity index (χ3v) is 6.42. The summed E-state index contributed by atoms with van der Waals surface area (Å²) in [6.07, 6.45) is -0.780. The molecular weight excluding hydrogens is 481 g/mol. The summed E-state index contributed by atoms with van der Waals surface area (Å²) in [4.78, 5) is 15.3. The van der Waals surface area contributed by atoms with Crippen LogP contribution in [0.3, 0.4) is 0 Å². The molecule has 10 heteroatoms. The van der Waals surface area contributed by atoms with Crippen LogP contribution in [0.15, 0.2) is 48.5 Å². The number of primary amides is 1. The third-order valence-electron chi connectivity index (χ3n) is 4.51. The standard InChI is InChI=1S/C22H14Cl2F2N2O3S/c23-14-5-6-15(25)13(20(14)24)7-8-30-18-10-19-17(9-16(18)26)28-21(32-19)11-1-3-12(4-2-11)31-22(27)29/h1-6,9-10H,7-8H2,(H2,27,29). The van der Waals surface area contributed by atoms with Gasteiger partial charge in [-0.2, -0.15) is 0 Å². The molecule has 32 heavy (non-hydrogen) atoms. The summed E-state index contributed by atoms with van der Waals surface area (Å²) < 4.78 is 39.6. The molecule has 0 radical (unpaired) electrons. The molecular formula is C22H14Cl2F2N2O3S. The lowest BCUT2D eigenvalue weighted by molar-refractivity contribution is 0.211. The van der Waals surface area contributed by atoms with E-state index in [4.69, 9.17) is 38.4 Å². The molecule has 2 N–H and O–H groups in total. The summed E-state index contributed by atoms with van der Waals surface area (Å²) in [6.45, 7) is 0.00634. The maximum Gasteiger partial charge on any atom is 0.409 e. The van der Waals surface area contributed by atoms with Crippen LogP contribution in [0.1, 0.15) is 5.56 Å². The highest BCUT2D eigenvalue weighted by atomic mass is 35.5. The van der Waals surface area contributed by atoms with E-state index < -0.39 is 17.7 Å². The molecule has 0 aliphatic heterocycles. The van der Waals surface area contributed by atoms with Crippen LogP contribution in [0.25, 0.3) is 20.8 Å². The lowest BCUT2D eigenvalue weighted by Gasteiger charge is -2.10. The van der Waals surface area contributed by atoms with Crippen LogP contribution in [0, 0.1) is 11.6 Å². The van der Waals surface area contributed by atoms with Crippen molar-refractivity contribution >= 4 is 50.8 Å². The van der Waals surface area contributed by atoms with Gasteiger partial charge in [0.25, 0.3) is 0 Å². The molecule has 4 rings (SSSR count). The molecule has 0 unspecified atom stereocenters. The van der Waals surface area contributed by atoms with Gasteiger partial charge in [0, 0.05) is 29.7 Å². The van der Waals surface area contributed by atoms with E-state index in [1.54, 1.807) is 30.3 Å². The zero-order chi connectivity index (χ0) is 22.8. The van der Waals surface area contributed by atoms with Crippen molar-refractivity contribution in [2.45, 2.75) is 6.42 Å². The number of nitrogens with two attached hydrogens (primary N) is 1. The van der Waals surface area contributed by atoms with Crippen LogP contribution >= 0.6 is 34.5 Å². The number of amides is 1. The van der Waals surface area contributed by atoms with Gasteiger partial charge in [-0.25, -0.2) is 18.6 Å². The first kappa shape index (κ1) is 22.3. The van der Waals surface area contributed by atoms with Gasteiger partial charge in [0.2, 0.25) is 0 Å². The third kappa shape index (κ3) is 4.77. The number of hydrogen-bond donors (Lipinski definition) is 1. The van der Waals surface area contributed by atoms with Crippen LogP contribution in [-0.4, -0.2) is 17.7 Å². The summed E-state index contributed by atoms with van der Waals surface area (Å²) >= 11 is 13.3. The summed E-state index contributed by atoms with van der Waals surface area (Å²) in [6, 6.07) is 12.0. The number of halogens is 4. The molecule has 0 atom stereocenters. The highest BCUT2D eigenvalue weighted by Gasteiger charge is 2.14. The van der Waals surface area contributed by atoms with Crippen molar-refractivity contribution in [1.29, 1.82) is 0 Å². The fourth-order valence-corrected chi connectivity index (χ4v) is 4.41. The van der Waals surface area contributed by atoms with Crippen molar-refractivity contribution in [3.05, 3.63) is 75.8 Å². The predicted octanol–water partition coefficient (Wildman–Crippen LogP) is 6.63. The van der Waals surface area contributed by atoms with Gasteiger partial charge in [-0.3, -0.25) is 0 Å². The van der Waals surface area contributed by atoms with E-state index in [2.05, 4.69) is 4.98 Å². The predicted molar refractivity (Wildman–Crippen MR) is 121 cm³/mol. The fraction of sp³-hybridized carbons (Fsp3) is 0.0909. The van der Waals surface area contributed by atoms with Gasteiger partial charge in [0.1, 0.15) is 16.6 Å². The van der Waals surface area contributed by atoms with Crippen molar-refractivity contribution in [3.63, 3.8) is 0 Å². The molecule has 1 heterocycles. The van der Waals surface area contributed by atoms with E-state index in [0.29, 0.717) is 21.0 Å². The molecule has 0 aliphatic carbocycles. The molecule has 5 nitrogen and oxygen atoms in total. The van der Waals surface area contributed by atoms with Gasteiger partial charge < -0.3 is 15.2 Å². The Morgan fingerprint density at radius 2 is 1.81 bits per heavy atom. The number of nitrogens with zero attached hydrogens (tertiary/aromatic N) is 1. The van der Waals surface area contributed by atoms with Crippen LogP contribution in [0.2, 0.25) is 10.0 Å². The average Bonchev–Trinajstić information content (AvgIpc) is 3.16. The van der Waals surface area contributed by atoms with Crippen LogP contribution < -0.4 is 15.2 Å². The van der Waals surface area contributed by atoms with Crippen molar-refractivity contribution < 1.29 is 23.0 Å². The second-order valence-corrected chi connectivity index (χ2v) is 8.45. The maximum atomic E-state index is 14.5. The minimum absolute atomic E-state index is 0.00634. The first-order chi connectivity index (χ1) is 15.3. The molecule has 0 fully saturated rings. The molecule has 0 saturated carbocycles. The Labute approximate surface area is 195 Å². The van der Waals surface area contributed by atoms with E-state index in [-0.39, 0.29) is 34.4 Å². The van der Waals surface area contributed by atoms with Crippen molar-refractivity contribution in [2.24, 2.45) is 5.73 Å². The topological polar surface area (TPSA) is 74.4 Å². The number of rotatable bonds is 6. The molecule has 0 bridgehead atoms. The summed E-state index contributed by atoms with van der Waals surface area (Å²) in [5.41, 5.74) is 6.43. The summed E-state index contributed by atoms with van der Waals surface area (Å²) in [5, 5.41) is 1.00. The number of carbonyl (C=O) groups excluding carboxylic acids is 1. The largest absolute Gasteiger partial charge is 0.490 e. The molecule has 164 valence electrons. The van der Waals surface area contributed by atoms with E-state index in [9.17, 15) is 13.6 Å². The fourth-order valence-electron chi connectivity index (χ4n) is 3.01. The minimum Gasteiger partial charge on any atom is -0.490 e. The highest BCUT2D eigenvalue weighted by molar-refractivity contribution is 7.21. The molecule has 3 aromatic carbocycles. The van der Waals surface area contributed by atoms with E-state index in [1.165, 1.54) is 29.5 Å². The normalized spacial score (nSPS) is 11.0. The zero-order valence-corrected chi connectivity index (χ0v) is 18.5. The van der Waals surface area contributed by atoms with Crippen molar-refractivity contribution in [3.8, 4) is 22.1 Å². The van der Waals surface area contributed by atoms with E-state index in [0.717, 1.165) is 5.56 Å². The Morgan fingerprint density at radius 1 is 1.06 bits per heavy atom. The quantitative estimate of drug-likeness (QED) is 0.305. The summed E-state index contributed by atoms with van der Waals surface area (Å²) in [7, 11) is 0. The van der Waals surface area contributed by atoms with Gasteiger partial charge in [0.15, 0.2) is 11.6 Å². The number of fused-ring (bicyclic) bond motifs is 1. The number of carbonyl (C=O) groups is 1. The maximum absolute atomic E-state index is 14.5. The monoisotopic (exact) mass is 494 g/mol. The summed E-state index contributed by atoms with van der Waals surface area (Å²) in [5.74, 6) is -0.757. The lowest BCUT2D eigenvalue weighted by Crippen LogP contribution is -2.16. The minimum atomic E-state index is -0.902. The smallest absolute Gasteiger partial charge is 0.409 e. The van der Waals surface area contributed by atoms with Crippen molar-refractivity contribution in [2.75, 3.05) is 6.61 Å². The SMILES string of the molecule is NC(=O)Oc1ccc(-c2nc3cc(F)c(OCCc4c(F)ccc(Cl)c4Cl)cc3s2)cc1. The molecule has 0 aliphatic rings. The zero-order valence-electron chi connectivity index (χ0n) is 16.2. The Morgan fingerprint density at radius 3 is 2.53 bits per heavy atom. The number of ether oxygens (including phenoxy) is 2. The number of benzene rings is 3. The number of hydrogen-bond acceptors (Lipinski definition) is 5. The molecule has 0 saturated heterocycles. The Hall–Kier alpha value is -2.94. The van der Waals surface area contributed by atoms with Gasteiger partial charge >= 0.3 is 6.09 Å². The molecule has 0 spiro atoms. The Kier molecular flexibility index (Phi) is 6.45. The average molecular weight is 495 g/mol. The molecule has 1 amide bonds. The van der Waals surface area contributed by atoms with Crippen LogP contribution in [0.4, 0.5) is 13.6 Å². The van der Waals surface area contributed by atoms with Crippen molar-refractivity contribution in [1.82, 2.24) is 4.98 Å². The first-order valence-corrected chi connectivity index (χ1v) is 10.8. The number of aromatic nitrogens is 1. The second kappa shape index (κ2) is 9.28. The van der Waals surface area contributed by atoms with Gasteiger partial charge in [0.05, 0.1) is 26.9 Å². The van der Waals surface area contributed by atoms with Gasteiger partial charge in [-0.05, 0) is 36.4 Å².